The number of hydrogen-bond acceptors (Lipinski definition) is 6. The molecule has 2 fully saturated rings. The van der Waals surface area contributed by atoms with Crippen LogP contribution in [0.25, 0.3) is 0 Å². The number of carbonyl (C=O) groups excluding carboxylic acids is 5. The molecular weight excluding hydrogens is 392 g/mol. The molecule has 1 heterocycles. The third-order valence-electron chi connectivity index (χ3n) is 5.13. The fourth-order valence-corrected chi connectivity index (χ4v) is 3.30. The molecule has 10 heteroatoms. The first kappa shape index (κ1) is 21.3. The molecule has 2 atom stereocenters. The lowest BCUT2D eigenvalue weighted by Crippen LogP contribution is -2.46. The largest absolute Gasteiger partial charge is 0.451 e. The fourth-order valence-electron chi connectivity index (χ4n) is 3.30. The van der Waals surface area contributed by atoms with E-state index in [-0.39, 0.29) is 11.8 Å². The quantitative estimate of drug-likeness (QED) is 0.452. The highest BCUT2D eigenvalue weighted by Crippen LogP contribution is 2.42. The van der Waals surface area contributed by atoms with Gasteiger partial charge in [0.1, 0.15) is 12.1 Å². The highest BCUT2D eigenvalue weighted by molar-refractivity contribution is 6.09. The Hall–Kier alpha value is -3.43. The zero-order chi connectivity index (χ0) is 22.1. The molecule has 1 aliphatic carbocycles. The van der Waals surface area contributed by atoms with E-state index in [0.717, 1.165) is 17.7 Å². The van der Waals surface area contributed by atoms with Crippen LogP contribution < -0.4 is 16.0 Å². The molecule has 0 aromatic heterocycles. The first-order valence-electron chi connectivity index (χ1n) is 9.62. The summed E-state index contributed by atoms with van der Waals surface area (Å²) in [5.41, 5.74) is 0.0436. The zero-order valence-corrected chi connectivity index (χ0v) is 17.0. The standard InChI is InChI=1S/C20H24N4O6/c1-11(17(27)22-15-8-6-14(7-9-15)21-12(2)25)30-16(26)10-24-18(28)20(3,13-4-5-13)23-19(24)29/h6-9,11,13H,4-5,10H2,1-3H3,(H,21,25)(H,22,27)(H,23,29)/t11-,20+/m0/s1. The van der Waals surface area contributed by atoms with Gasteiger partial charge in [0.15, 0.2) is 6.10 Å². The number of rotatable bonds is 7. The number of benzene rings is 1. The molecule has 2 aliphatic rings. The first-order valence-corrected chi connectivity index (χ1v) is 9.62. The van der Waals surface area contributed by atoms with Gasteiger partial charge in [0.25, 0.3) is 11.8 Å². The number of anilines is 2. The van der Waals surface area contributed by atoms with Crippen molar-refractivity contribution in [2.75, 3.05) is 17.2 Å². The Labute approximate surface area is 173 Å². The normalized spacial score (nSPS) is 21.6. The molecule has 0 unspecified atom stereocenters. The Morgan fingerprint density at radius 1 is 1.17 bits per heavy atom. The van der Waals surface area contributed by atoms with Crippen LogP contribution in [0.4, 0.5) is 16.2 Å². The van der Waals surface area contributed by atoms with Crippen molar-refractivity contribution in [3.63, 3.8) is 0 Å². The summed E-state index contributed by atoms with van der Waals surface area (Å²) in [6.07, 6.45) is 0.566. The number of carbonyl (C=O) groups is 5. The van der Waals surface area contributed by atoms with E-state index in [0.29, 0.717) is 11.4 Å². The maximum absolute atomic E-state index is 12.5. The van der Waals surface area contributed by atoms with Crippen molar-refractivity contribution >= 4 is 41.1 Å². The van der Waals surface area contributed by atoms with Crippen molar-refractivity contribution in [3.05, 3.63) is 24.3 Å². The average molecular weight is 416 g/mol. The molecule has 3 N–H and O–H groups in total. The molecular formula is C20H24N4O6. The van der Waals surface area contributed by atoms with Gasteiger partial charge >= 0.3 is 12.0 Å². The van der Waals surface area contributed by atoms with Gasteiger partial charge in [-0.3, -0.25) is 24.1 Å². The van der Waals surface area contributed by atoms with Gasteiger partial charge < -0.3 is 20.7 Å². The van der Waals surface area contributed by atoms with Crippen LogP contribution in [0.2, 0.25) is 0 Å². The molecule has 160 valence electrons. The van der Waals surface area contributed by atoms with Crippen LogP contribution in [-0.4, -0.2) is 52.8 Å². The minimum absolute atomic E-state index is 0.0803. The van der Waals surface area contributed by atoms with E-state index in [1.165, 1.54) is 13.8 Å². The molecule has 5 amide bonds. The van der Waals surface area contributed by atoms with Crippen LogP contribution in [0.15, 0.2) is 24.3 Å². The van der Waals surface area contributed by atoms with Gasteiger partial charge in [-0.2, -0.15) is 0 Å². The topological polar surface area (TPSA) is 134 Å². The van der Waals surface area contributed by atoms with E-state index in [1.54, 1.807) is 31.2 Å². The highest BCUT2D eigenvalue weighted by atomic mass is 16.5. The number of nitrogens with one attached hydrogen (secondary N) is 3. The van der Waals surface area contributed by atoms with E-state index in [1.807, 2.05) is 0 Å². The van der Waals surface area contributed by atoms with Gasteiger partial charge in [0.05, 0.1) is 0 Å². The summed E-state index contributed by atoms with van der Waals surface area (Å²) in [6.45, 7) is 3.87. The molecule has 1 saturated heterocycles. The van der Waals surface area contributed by atoms with Crippen molar-refractivity contribution in [2.45, 2.75) is 45.3 Å². The van der Waals surface area contributed by atoms with Gasteiger partial charge in [0.2, 0.25) is 5.91 Å². The van der Waals surface area contributed by atoms with Gasteiger partial charge in [-0.25, -0.2) is 4.79 Å². The maximum atomic E-state index is 12.5. The second-order valence-corrected chi connectivity index (χ2v) is 7.68. The summed E-state index contributed by atoms with van der Waals surface area (Å²) in [5.74, 6) is -2.02. The second-order valence-electron chi connectivity index (χ2n) is 7.68. The molecule has 0 radical (unpaired) electrons. The number of amides is 5. The van der Waals surface area contributed by atoms with E-state index in [4.69, 9.17) is 4.74 Å². The highest BCUT2D eigenvalue weighted by Gasteiger charge is 2.56. The summed E-state index contributed by atoms with van der Waals surface area (Å²) in [4.78, 5) is 60.9. The minimum Gasteiger partial charge on any atom is -0.451 e. The van der Waals surface area contributed by atoms with Crippen LogP contribution in [0.5, 0.6) is 0 Å². The zero-order valence-electron chi connectivity index (χ0n) is 17.0. The van der Waals surface area contributed by atoms with Crippen molar-refractivity contribution < 1.29 is 28.7 Å². The summed E-state index contributed by atoms with van der Waals surface area (Å²) in [5, 5.41) is 7.84. The molecule has 10 nitrogen and oxygen atoms in total. The summed E-state index contributed by atoms with van der Waals surface area (Å²) in [7, 11) is 0. The minimum atomic E-state index is -1.14. The summed E-state index contributed by atoms with van der Waals surface area (Å²) < 4.78 is 5.08. The van der Waals surface area contributed by atoms with E-state index in [9.17, 15) is 24.0 Å². The molecule has 3 rings (SSSR count). The van der Waals surface area contributed by atoms with Crippen molar-refractivity contribution in [3.8, 4) is 0 Å². The molecule has 1 aromatic rings. The third kappa shape index (κ3) is 4.58. The number of imide groups is 1. The number of nitrogens with zero attached hydrogens (tertiary/aromatic N) is 1. The van der Waals surface area contributed by atoms with Gasteiger partial charge in [-0.05, 0) is 56.9 Å². The Balaban J connectivity index is 1.51. The van der Waals surface area contributed by atoms with Crippen molar-refractivity contribution in [1.29, 1.82) is 0 Å². The van der Waals surface area contributed by atoms with Crippen LogP contribution in [-0.2, 0) is 23.9 Å². The number of hydrogen-bond donors (Lipinski definition) is 3. The van der Waals surface area contributed by atoms with Crippen LogP contribution in [0, 0.1) is 5.92 Å². The SMILES string of the molecule is CC(=O)Nc1ccc(NC(=O)[C@H](C)OC(=O)CN2C(=O)N[C@](C)(C3CC3)C2=O)cc1. The van der Waals surface area contributed by atoms with Crippen LogP contribution in [0.1, 0.15) is 33.6 Å². The maximum Gasteiger partial charge on any atom is 0.327 e. The second kappa shape index (κ2) is 8.13. The molecule has 0 bridgehead atoms. The third-order valence-corrected chi connectivity index (χ3v) is 5.13. The molecule has 1 saturated carbocycles. The number of esters is 1. The molecule has 0 spiro atoms. The lowest BCUT2D eigenvalue weighted by atomic mass is 9.96. The van der Waals surface area contributed by atoms with Gasteiger partial charge in [-0.15, -0.1) is 0 Å². The van der Waals surface area contributed by atoms with Crippen molar-refractivity contribution in [2.24, 2.45) is 5.92 Å². The smallest absolute Gasteiger partial charge is 0.327 e. The van der Waals surface area contributed by atoms with E-state index < -0.39 is 42.0 Å². The first-order chi connectivity index (χ1) is 14.1. The lowest BCUT2D eigenvalue weighted by Gasteiger charge is -2.21. The summed E-state index contributed by atoms with van der Waals surface area (Å²) >= 11 is 0. The summed E-state index contributed by atoms with van der Waals surface area (Å²) in [6, 6.07) is 5.76. The monoisotopic (exact) mass is 416 g/mol. The van der Waals surface area contributed by atoms with Crippen molar-refractivity contribution in [1.82, 2.24) is 10.2 Å². The fraction of sp³-hybridized carbons (Fsp3) is 0.450. The van der Waals surface area contributed by atoms with Gasteiger partial charge in [0, 0.05) is 18.3 Å². The Morgan fingerprint density at radius 2 is 1.73 bits per heavy atom. The predicted octanol–water partition coefficient (Wildman–Crippen LogP) is 1.24. The Kier molecular flexibility index (Phi) is 5.77. The molecule has 1 aliphatic heterocycles. The molecule has 30 heavy (non-hydrogen) atoms. The van der Waals surface area contributed by atoms with Crippen LogP contribution >= 0.6 is 0 Å². The predicted molar refractivity (Wildman–Crippen MR) is 106 cm³/mol. The van der Waals surface area contributed by atoms with E-state index >= 15 is 0 Å². The average Bonchev–Trinajstić information content (AvgIpc) is 3.49. The Morgan fingerprint density at radius 3 is 2.27 bits per heavy atom. The lowest BCUT2D eigenvalue weighted by molar-refractivity contribution is -0.155. The number of ether oxygens (including phenoxy) is 1. The number of urea groups is 1. The molecule has 1 aromatic carbocycles. The Bertz CT molecular complexity index is 895. The van der Waals surface area contributed by atoms with E-state index in [2.05, 4.69) is 16.0 Å². The van der Waals surface area contributed by atoms with Crippen LogP contribution in [0.3, 0.4) is 0 Å². The van der Waals surface area contributed by atoms with Gasteiger partial charge in [-0.1, -0.05) is 0 Å².